The average Bonchev–Trinajstić information content (AvgIpc) is 3.02. The Bertz CT molecular complexity index is 975. The first-order valence-corrected chi connectivity index (χ1v) is 9.08. The standard InChI is InChI=1S/C19H17Cl2F2N3O/c1-11(10-24-17(27)8-12-6-7-13(20)9-14(12)21)18-25-15-4-2-3-5-16(15)26(18)19(22)23/h2-7,9,11,19H,8,10H2,1H3,(H,24,27). The molecule has 0 aliphatic carbocycles. The summed E-state index contributed by atoms with van der Waals surface area (Å²) < 4.78 is 28.0. The highest BCUT2D eigenvalue weighted by atomic mass is 35.5. The predicted molar refractivity (Wildman–Crippen MR) is 103 cm³/mol. The summed E-state index contributed by atoms with van der Waals surface area (Å²) in [5, 5.41) is 3.65. The zero-order valence-corrected chi connectivity index (χ0v) is 15.9. The number of amides is 1. The fourth-order valence-electron chi connectivity index (χ4n) is 2.87. The van der Waals surface area contributed by atoms with E-state index in [-0.39, 0.29) is 24.7 Å². The third-order valence-corrected chi connectivity index (χ3v) is 4.82. The van der Waals surface area contributed by atoms with Gasteiger partial charge in [-0.3, -0.25) is 9.36 Å². The molecular formula is C19H17Cl2F2N3O. The number of carbonyl (C=O) groups excluding carboxylic acids is 1. The van der Waals surface area contributed by atoms with E-state index >= 15 is 0 Å². The van der Waals surface area contributed by atoms with Gasteiger partial charge in [0, 0.05) is 22.5 Å². The maximum absolute atomic E-state index is 13.5. The number of hydrogen-bond acceptors (Lipinski definition) is 2. The lowest BCUT2D eigenvalue weighted by Crippen LogP contribution is -2.30. The van der Waals surface area contributed by atoms with Crippen LogP contribution in [0.15, 0.2) is 42.5 Å². The smallest absolute Gasteiger partial charge is 0.320 e. The zero-order chi connectivity index (χ0) is 19.6. The highest BCUT2D eigenvalue weighted by Gasteiger charge is 2.22. The minimum absolute atomic E-state index is 0.0774. The summed E-state index contributed by atoms with van der Waals surface area (Å²) in [6.45, 7) is -0.783. The van der Waals surface area contributed by atoms with E-state index < -0.39 is 12.5 Å². The van der Waals surface area contributed by atoms with Gasteiger partial charge in [-0.15, -0.1) is 0 Å². The highest BCUT2D eigenvalue weighted by molar-refractivity contribution is 6.35. The Kier molecular flexibility index (Phi) is 5.97. The van der Waals surface area contributed by atoms with Gasteiger partial charge in [0.1, 0.15) is 5.82 Å². The van der Waals surface area contributed by atoms with Crippen LogP contribution in [0.1, 0.15) is 30.8 Å². The van der Waals surface area contributed by atoms with Crippen LogP contribution < -0.4 is 5.32 Å². The first-order chi connectivity index (χ1) is 12.9. The second-order valence-electron chi connectivity index (χ2n) is 6.22. The number of carbonyl (C=O) groups is 1. The van der Waals surface area contributed by atoms with Crippen molar-refractivity contribution >= 4 is 40.1 Å². The van der Waals surface area contributed by atoms with Crippen LogP contribution in [0.4, 0.5) is 8.78 Å². The van der Waals surface area contributed by atoms with Crippen molar-refractivity contribution in [2.24, 2.45) is 0 Å². The van der Waals surface area contributed by atoms with Gasteiger partial charge in [0.2, 0.25) is 5.91 Å². The topological polar surface area (TPSA) is 46.9 Å². The normalized spacial score (nSPS) is 12.5. The van der Waals surface area contributed by atoms with Crippen LogP contribution in [0.2, 0.25) is 10.0 Å². The molecule has 0 spiro atoms. The summed E-state index contributed by atoms with van der Waals surface area (Å²) in [5.41, 5.74) is 1.51. The first-order valence-electron chi connectivity index (χ1n) is 8.32. The van der Waals surface area contributed by atoms with Crippen LogP contribution in [0.25, 0.3) is 11.0 Å². The third kappa shape index (κ3) is 4.39. The fraction of sp³-hybridized carbons (Fsp3) is 0.263. The average molecular weight is 412 g/mol. The zero-order valence-electron chi connectivity index (χ0n) is 14.4. The number of rotatable bonds is 6. The fourth-order valence-corrected chi connectivity index (χ4v) is 3.35. The molecule has 0 aliphatic rings. The molecule has 0 saturated carbocycles. The lowest BCUT2D eigenvalue weighted by atomic mass is 10.1. The second kappa shape index (κ2) is 8.23. The molecule has 0 radical (unpaired) electrons. The Balaban J connectivity index is 1.70. The van der Waals surface area contributed by atoms with E-state index in [1.54, 1.807) is 49.4 Å². The molecule has 8 heteroatoms. The molecule has 0 aliphatic heterocycles. The number of halogens is 4. The number of alkyl halides is 2. The minimum atomic E-state index is -2.71. The lowest BCUT2D eigenvalue weighted by molar-refractivity contribution is -0.120. The number of fused-ring (bicyclic) bond motifs is 1. The molecule has 142 valence electrons. The lowest BCUT2D eigenvalue weighted by Gasteiger charge is -2.15. The van der Waals surface area contributed by atoms with Crippen molar-refractivity contribution in [3.63, 3.8) is 0 Å². The van der Waals surface area contributed by atoms with Crippen LogP contribution in [-0.2, 0) is 11.2 Å². The number of imidazole rings is 1. The summed E-state index contributed by atoms with van der Waals surface area (Å²) in [7, 11) is 0. The maximum atomic E-state index is 13.5. The molecule has 0 bridgehead atoms. The molecule has 1 N–H and O–H groups in total. The van der Waals surface area contributed by atoms with Gasteiger partial charge in [-0.25, -0.2) is 4.98 Å². The molecule has 27 heavy (non-hydrogen) atoms. The number of nitrogens with zero attached hydrogens (tertiary/aromatic N) is 2. The molecule has 0 saturated heterocycles. The van der Waals surface area contributed by atoms with Crippen molar-refractivity contribution in [3.05, 3.63) is 63.9 Å². The van der Waals surface area contributed by atoms with Gasteiger partial charge in [0.25, 0.3) is 0 Å². The van der Waals surface area contributed by atoms with E-state index in [1.807, 2.05) is 0 Å². The van der Waals surface area contributed by atoms with Gasteiger partial charge in [0.05, 0.1) is 17.5 Å². The largest absolute Gasteiger partial charge is 0.355 e. The molecule has 1 aromatic heterocycles. The van der Waals surface area contributed by atoms with Gasteiger partial charge in [-0.05, 0) is 29.8 Å². The van der Waals surface area contributed by atoms with E-state index in [2.05, 4.69) is 10.3 Å². The number of benzene rings is 2. The van der Waals surface area contributed by atoms with Crippen LogP contribution in [0, 0.1) is 0 Å². The molecule has 1 heterocycles. The Morgan fingerprint density at radius 2 is 1.96 bits per heavy atom. The van der Waals surface area contributed by atoms with E-state index in [1.165, 1.54) is 0 Å². The molecule has 2 aromatic carbocycles. The summed E-state index contributed by atoms with van der Waals surface area (Å²) in [5.74, 6) is -0.419. The molecule has 0 fully saturated rings. The molecule has 1 unspecified atom stereocenters. The van der Waals surface area contributed by atoms with Gasteiger partial charge in [-0.1, -0.05) is 48.3 Å². The number of hydrogen-bond donors (Lipinski definition) is 1. The number of nitrogens with one attached hydrogen (secondary N) is 1. The summed E-state index contributed by atoms with van der Waals surface area (Å²) >= 11 is 11.9. The van der Waals surface area contributed by atoms with Crippen LogP contribution in [0.3, 0.4) is 0 Å². The van der Waals surface area contributed by atoms with Gasteiger partial charge in [0.15, 0.2) is 0 Å². The SMILES string of the molecule is CC(CNC(=O)Cc1ccc(Cl)cc1Cl)c1nc2ccccc2n1C(F)F. The van der Waals surface area contributed by atoms with E-state index in [0.717, 1.165) is 4.57 Å². The van der Waals surface area contributed by atoms with E-state index in [0.29, 0.717) is 26.6 Å². The maximum Gasteiger partial charge on any atom is 0.320 e. The molecule has 1 amide bonds. The van der Waals surface area contributed by atoms with Crippen LogP contribution >= 0.6 is 23.2 Å². The van der Waals surface area contributed by atoms with Gasteiger partial charge < -0.3 is 5.32 Å². The highest BCUT2D eigenvalue weighted by Crippen LogP contribution is 2.27. The molecule has 3 rings (SSSR count). The molecule has 4 nitrogen and oxygen atoms in total. The van der Waals surface area contributed by atoms with Crippen LogP contribution in [0.5, 0.6) is 0 Å². The molecular weight excluding hydrogens is 395 g/mol. The third-order valence-electron chi connectivity index (χ3n) is 4.23. The van der Waals surface area contributed by atoms with Crippen molar-refractivity contribution in [2.75, 3.05) is 6.54 Å². The second-order valence-corrected chi connectivity index (χ2v) is 7.07. The summed E-state index contributed by atoms with van der Waals surface area (Å²) in [6, 6.07) is 11.6. The van der Waals surface area contributed by atoms with E-state index in [4.69, 9.17) is 23.2 Å². The minimum Gasteiger partial charge on any atom is -0.355 e. The van der Waals surface area contributed by atoms with Crippen molar-refractivity contribution < 1.29 is 13.6 Å². The predicted octanol–water partition coefficient (Wildman–Crippen LogP) is 5.20. The monoisotopic (exact) mass is 411 g/mol. The molecule has 1 atom stereocenters. The summed E-state index contributed by atoms with van der Waals surface area (Å²) in [4.78, 5) is 16.5. The number of aromatic nitrogens is 2. The van der Waals surface area contributed by atoms with Crippen molar-refractivity contribution in [1.29, 1.82) is 0 Å². The Labute approximate surface area is 165 Å². The van der Waals surface area contributed by atoms with Crippen molar-refractivity contribution in [1.82, 2.24) is 14.9 Å². The number of para-hydroxylation sites is 2. The first kappa shape index (κ1) is 19.6. The van der Waals surface area contributed by atoms with Crippen LogP contribution in [-0.4, -0.2) is 22.0 Å². The Hall–Kier alpha value is -2.18. The summed E-state index contributed by atoms with van der Waals surface area (Å²) in [6.07, 6.45) is 0.0774. The molecule has 3 aromatic rings. The Morgan fingerprint density at radius 1 is 1.22 bits per heavy atom. The Morgan fingerprint density at radius 3 is 2.67 bits per heavy atom. The van der Waals surface area contributed by atoms with Gasteiger partial charge >= 0.3 is 6.55 Å². The van der Waals surface area contributed by atoms with Crippen molar-refractivity contribution in [2.45, 2.75) is 25.8 Å². The van der Waals surface area contributed by atoms with Crippen molar-refractivity contribution in [3.8, 4) is 0 Å². The quantitative estimate of drug-likeness (QED) is 0.605. The van der Waals surface area contributed by atoms with Gasteiger partial charge in [-0.2, -0.15) is 8.78 Å². The van der Waals surface area contributed by atoms with E-state index in [9.17, 15) is 13.6 Å².